The number of benzene rings is 1. The Labute approximate surface area is 206 Å². The van der Waals surface area contributed by atoms with Crippen molar-refractivity contribution in [1.82, 2.24) is 5.32 Å². The summed E-state index contributed by atoms with van der Waals surface area (Å²) in [4.78, 5) is 0. The predicted octanol–water partition coefficient (Wildman–Crippen LogP) is 8.35. The third kappa shape index (κ3) is 23.2. The van der Waals surface area contributed by atoms with Crippen LogP contribution in [0.5, 0.6) is 0 Å². The van der Waals surface area contributed by atoms with Crippen LogP contribution in [0.4, 0.5) is 25.2 Å². The van der Waals surface area contributed by atoms with Crippen LogP contribution >= 0.6 is 19.6 Å². The van der Waals surface area contributed by atoms with Gasteiger partial charge < -0.3 is 17.9 Å². The summed E-state index contributed by atoms with van der Waals surface area (Å²) in [5.74, 6) is 3.19. The Kier molecular flexibility index (Phi) is 16.8. The molecule has 0 aliphatic heterocycles. The minimum atomic E-state index is -10.7. The maximum Gasteiger partial charge on any atom is 2.00 e. The van der Waals surface area contributed by atoms with Gasteiger partial charge in [-0.25, -0.2) is 0 Å². The number of allylic oxidation sites excluding steroid dienone is 1. The molecule has 186 valence electrons. The van der Waals surface area contributed by atoms with Crippen LogP contribution in [0.3, 0.4) is 0 Å². The molecule has 0 saturated carbocycles. The molecule has 0 aliphatic carbocycles. The van der Waals surface area contributed by atoms with E-state index in [1.165, 1.54) is 44.9 Å². The SMILES string of the molecule is C=CCCSCCNCC[S-].Cc1c(C)c(C)c(C)c(C)c1C.F[P-](F)(F)(F)(F)F.[Ru+2]. The Bertz CT molecular complexity index is 566. The van der Waals surface area contributed by atoms with E-state index in [0.29, 0.717) is 0 Å². The molecule has 0 saturated heterocycles. The van der Waals surface area contributed by atoms with Crippen molar-refractivity contribution in [3.63, 3.8) is 0 Å². The summed E-state index contributed by atoms with van der Waals surface area (Å²) < 4.78 is 59.2. The molecule has 11 heteroatoms. The van der Waals surface area contributed by atoms with Crippen molar-refractivity contribution in [2.45, 2.75) is 48.0 Å². The van der Waals surface area contributed by atoms with Crippen molar-refractivity contribution in [3.8, 4) is 0 Å². The van der Waals surface area contributed by atoms with Gasteiger partial charge in [-0.15, -0.1) is 6.58 Å². The zero-order valence-electron chi connectivity index (χ0n) is 18.9. The van der Waals surface area contributed by atoms with Crippen LogP contribution in [-0.4, -0.2) is 30.3 Å². The Balaban J connectivity index is -0.000000387. The first-order valence-corrected chi connectivity index (χ1v) is 13.2. The Morgan fingerprint density at radius 1 is 0.774 bits per heavy atom. The predicted molar refractivity (Wildman–Crippen MR) is 126 cm³/mol. The molecule has 0 unspecified atom stereocenters. The molecule has 0 spiro atoms. The Morgan fingerprint density at radius 2 is 1.10 bits per heavy atom. The summed E-state index contributed by atoms with van der Waals surface area (Å²) in [6, 6.07) is 0. The second-order valence-corrected chi connectivity index (χ2v) is 10.4. The average Bonchev–Trinajstić information content (AvgIpc) is 2.60. The van der Waals surface area contributed by atoms with Gasteiger partial charge in [0.05, 0.1) is 0 Å². The van der Waals surface area contributed by atoms with Crippen molar-refractivity contribution in [2.24, 2.45) is 0 Å². The normalized spacial score (nSPS) is 12.8. The van der Waals surface area contributed by atoms with Gasteiger partial charge in [0.15, 0.2) is 0 Å². The molecule has 0 aliphatic rings. The topological polar surface area (TPSA) is 12.0 Å². The first-order valence-electron chi connectivity index (χ1n) is 9.40. The van der Waals surface area contributed by atoms with Crippen LogP contribution in [0.15, 0.2) is 12.7 Å². The fraction of sp³-hybridized carbons (Fsp3) is 0.600. The number of nitrogens with one attached hydrogen (secondary N) is 1. The van der Waals surface area contributed by atoms with Gasteiger partial charge in [0, 0.05) is 12.3 Å². The van der Waals surface area contributed by atoms with E-state index in [2.05, 4.69) is 53.4 Å². The Hall–Kier alpha value is 0.253. The smallest absolute Gasteiger partial charge is 2.00 e. The molecule has 0 amide bonds. The number of rotatable bonds is 8. The van der Waals surface area contributed by atoms with E-state index in [-0.39, 0.29) is 19.5 Å². The van der Waals surface area contributed by atoms with E-state index in [0.717, 1.165) is 25.3 Å². The monoisotopic (exact) mass is 599 g/mol. The third-order valence-electron chi connectivity index (χ3n) is 4.54. The first kappa shape index (κ1) is 35.8. The molecule has 1 aromatic carbocycles. The molecule has 0 radical (unpaired) electrons. The van der Waals surface area contributed by atoms with Gasteiger partial charge >= 0.3 is 52.5 Å². The third-order valence-corrected chi connectivity index (χ3v) is 5.76. The van der Waals surface area contributed by atoms with Crippen LogP contribution in [0, 0.1) is 41.5 Å². The van der Waals surface area contributed by atoms with Crippen molar-refractivity contribution in [3.05, 3.63) is 46.0 Å². The molecular formula is C20H34F6NPRuS2. The van der Waals surface area contributed by atoms with Crippen molar-refractivity contribution < 1.29 is 44.7 Å². The first-order chi connectivity index (χ1) is 13.3. The van der Waals surface area contributed by atoms with Crippen molar-refractivity contribution in [1.29, 1.82) is 0 Å². The average molecular weight is 599 g/mol. The van der Waals surface area contributed by atoms with E-state index in [4.69, 9.17) is 12.6 Å². The van der Waals surface area contributed by atoms with Crippen molar-refractivity contribution in [2.75, 3.05) is 30.3 Å². The molecule has 0 fully saturated rings. The number of hydrogen-bond acceptors (Lipinski definition) is 3. The van der Waals surface area contributed by atoms with Gasteiger partial charge in [0.2, 0.25) is 0 Å². The van der Waals surface area contributed by atoms with Gasteiger partial charge in [-0.05, 0) is 93.6 Å². The molecule has 1 nitrogen and oxygen atoms in total. The maximum atomic E-state index is 9.87. The summed E-state index contributed by atoms with van der Waals surface area (Å²) in [5.41, 5.74) is 8.73. The zero-order valence-corrected chi connectivity index (χ0v) is 23.2. The number of thioether (sulfide) groups is 1. The summed E-state index contributed by atoms with van der Waals surface area (Å²) in [7, 11) is -10.7. The summed E-state index contributed by atoms with van der Waals surface area (Å²) in [6.45, 7) is 19.0. The largest absolute Gasteiger partial charge is 2.00 e. The zero-order chi connectivity index (χ0) is 24.2. The summed E-state index contributed by atoms with van der Waals surface area (Å²) >= 11 is 6.75. The van der Waals surface area contributed by atoms with E-state index < -0.39 is 7.81 Å². The second kappa shape index (κ2) is 14.5. The van der Waals surface area contributed by atoms with E-state index >= 15 is 0 Å². The molecule has 0 heterocycles. The molecule has 0 aromatic heterocycles. The quantitative estimate of drug-likeness (QED) is 0.0807. The van der Waals surface area contributed by atoms with Crippen LogP contribution in [0.2, 0.25) is 0 Å². The molecule has 31 heavy (non-hydrogen) atoms. The van der Waals surface area contributed by atoms with Crippen LogP contribution in [-0.2, 0) is 32.1 Å². The number of hydrogen-bond donors (Lipinski definition) is 1. The van der Waals surface area contributed by atoms with Crippen LogP contribution < -0.4 is 5.32 Å². The fourth-order valence-corrected chi connectivity index (χ4v) is 3.27. The maximum absolute atomic E-state index is 10.7. The summed E-state index contributed by atoms with van der Waals surface area (Å²) in [6.07, 6.45) is 3.08. The van der Waals surface area contributed by atoms with Crippen LogP contribution in [0.25, 0.3) is 0 Å². The summed E-state index contributed by atoms with van der Waals surface area (Å²) in [5, 5.41) is 3.26. The minimum absolute atomic E-state index is 0. The fourth-order valence-electron chi connectivity index (χ4n) is 2.30. The van der Waals surface area contributed by atoms with Gasteiger partial charge in [-0.2, -0.15) is 17.5 Å². The molecule has 0 bridgehead atoms. The molecular weight excluding hydrogens is 564 g/mol. The minimum Gasteiger partial charge on any atom is 2.00 e. The van der Waals surface area contributed by atoms with Crippen LogP contribution in [0.1, 0.15) is 39.8 Å². The van der Waals surface area contributed by atoms with Gasteiger partial charge in [-0.1, -0.05) is 6.08 Å². The molecule has 0 atom stereocenters. The second-order valence-electron chi connectivity index (χ2n) is 6.85. The van der Waals surface area contributed by atoms with Gasteiger partial charge in [-0.3, -0.25) is 0 Å². The number of halogens is 6. The Morgan fingerprint density at radius 3 is 1.35 bits per heavy atom. The van der Waals surface area contributed by atoms with Gasteiger partial charge in [0.25, 0.3) is 0 Å². The van der Waals surface area contributed by atoms with Crippen molar-refractivity contribution >= 4 is 32.2 Å². The van der Waals surface area contributed by atoms with E-state index in [1.807, 2.05) is 17.8 Å². The molecule has 1 N–H and O–H groups in total. The molecule has 1 rings (SSSR count). The molecule has 1 aromatic rings. The van der Waals surface area contributed by atoms with E-state index in [1.54, 1.807) is 0 Å². The van der Waals surface area contributed by atoms with E-state index in [9.17, 15) is 25.2 Å². The van der Waals surface area contributed by atoms with Gasteiger partial charge in [0.1, 0.15) is 0 Å². The standard InChI is InChI=1S/C12H18.C8H17NS2.F6P.Ru/c1-7-8(2)10(4)12(6)11(5)9(7)3;1-2-3-7-11-8-5-9-4-6-10;1-7(2,3,4,5)6;/h1-6H3;2,9-10H,1,3-8H2;;/q;;-1;+2/p-1.